The van der Waals surface area contributed by atoms with Crippen LogP contribution < -0.4 is 10.6 Å². The Morgan fingerprint density at radius 3 is 2.89 bits per heavy atom. The molecule has 2 N–H and O–H groups in total. The van der Waals surface area contributed by atoms with Gasteiger partial charge in [0.15, 0.2) is 5.13 Å². The van der Waals surface area contributed by atoms with Crippen LogP contribution in [0.15, 0.2) is 23.8 Å². The van der Waals surface area contributed by atoms with Crippen molar-refractivity contribution in [3.8, 4) is 0 Å². The lowest BCUT2D eigenvalue weighted by atomic mass is 10.3. The van der Waals surface area contributed by atoms with Crippen molar-refractivity contribution < 1.29 is 4.79 Å². The van der Waals surface area contributed by atoms with E-state index in [4.69, 9.17) is 0 Å². The number of rotatable bonds is 6. The highest BCUT2D eigenvalue weighted by atomic mass is 32.1. The van der Waals surface area contributed by atoms with E-state index in [0.717, 1.165) is 12.8 Å². The number of hydrogen-bond acceptors (Lipinski definition) is 6. The van der Waals surface area contributed by atoms with E-state index in [9.17, 15) is 4.79 Å². The summed E-state index contributed by atoms with van der Waals surface area (Å²) in [7, 11) is 0. The fraction of sp³-hybridized carbons (Fsp3) is 0.333. The first-order valence-electron chi connectivity index (χ1n) is 6.07. The summed E-state index contributed by atoms with van der Waals surface area (Å²) in [4.78, 5) is 24.0. The lowest BCUT2D eigenvalue weighted by molar-refractivity contribution is 0.0949. The molecule has 0 aliphatic heterocycles. The second-order valence-electron chi connectivity index (χ2n) is 3.84. The third kappa shape index (κ3) is 3.99. The Balaban J connectivity index is 1.93. The quantitative estimate of drug-likeness (QED) is 0.791. The van der Waals surface area contributed by atoms with Crippen molar-refractivity contribution in [2.75, 3.05) is 11.9 Å². The molecule has 0 radical (unpaired) electrons. The molecule has 2 rings (SSSR count). The minimum atomic E-state index is -0.147. The van der Waals surface area contributed by atoms with Crippen molar-refractivity contribution >= 4 is 28.3 Å². The van der Waals surface area contributed by atoms with Crippen LogP contribution in [0.25, 0.3) is 0 Å². The minimum Gasteiger partial charge on any atom is -0.351 e. The molecule has 0 saturated heterocycles. The number of hydrogen-bond donors (Lipinski definition) is 2. The van der Waals surface area contributed by atoms with Crippen molar-refractivity contribution in [1.82, 2.24) is 20.3 Å². The van der Waals surface area contributed by atoms with E-state index < -0.39 is 0 Å². The molecule has 6 nitrogen and oxygen atoms in total. The molecule has 2 aromatic heterocycles. The van der Waals surface area contributed by atoms with Gasteiger partial charge in [-0.05, 0) is 12.5 Å². The fourth-order valence-electron chi connectivity index (χ4n) is 1.36. The maximum Gasteiger partial charge on any atom is 0.270 e. The van der Waals surface area contributed by atoms with Crippen LogP contribution in [-0.4, -0.2) is 27.4 Å². The largest absolute Gasteiger partial charge is 0.351 e. The Morgan fingerprint density at radius 2 is 2.16 bits per heavy atom. The van der Waals surface area contributed by atoms with Crippen LogP contribution >= 0.6 is 11.3 Å². The molecule has 0 atom stereocenters. The summed E-state index contributed by atoms with van der Waals surface area (Å²) < 4.78 is 0. The van der Waals surface area contributed by atoms with Crippen molar-refractivity contribution in [2.45, 2.75) is 19.8 Å². The average Bonchev–Trinajstić information content (AvgIpc) is 2.89. The normalized spacial score (nSPS) is 10.2. The number of carbonyl (C=O) groups excluding carboxylic acids is 1. The van der Waals surface area contributed by atoms with Gasteiger partial charge in [0, 0.05) is 24.3 Å². The Labute approximate surface area is 115 Å². The third-order valence-corrected chi connectivity index (χ3v) is 3.09. The number of thiazole rings is 1. The summed E-state index contributed by atoms with van der Waals surface area (Å²) in [5.74, 6) is 0.321. The third-order valence-electron chi connectivity index (χ3n) is 2.34. The van der Waals surface area contributed by atoms with Crippen molar-refractivity contribution in [1.29, 1.82) is 0 Å². The van der Waals surface area contributed by atoms with Crippen molar-refractivity contribution in [3.05, 3.63) is 29.5 Å². The van der Waals surface area contributed by atoms with Crippen LogP contribution in [0.3, 0.4) is 0 Å². The summed E-state index contributed by atoms with van der Waals surface area (Å²) in [6.45, 7) is 2.76. The van der Waals surface area contributed by atoms with E-state index in [-0.39, 0.29) is 5.91 Å². The highest BCUT2D eigenvalue weighted by molar-refractivity contribution is 7.14. The van der Waals surface area contributed by atoms with Crippen LogP contribution in [0.5, 0.6) is 0 Å². The molecule has 19 heavy (non-hydrogen) atoms. The molecule has 0 bridgehead atoms. The maximum atomic E-state index is 11.8. The van der Waals surface area contributed by atoms with Gasteiger partial charge in [0.05, 0.1) is 0 Å². The van der Waals surface area contributed by atoms with E-state index in [1.165, 1.54) is 11.3 Å². The second kappa shape index (κ2) is 6.79. The molecule has 0 aliphatic rings. The molecule has 0 fully saturated rings. The van der Waals surface area contributed by atoms with Gasteiger partial charge in [0.2, 0.25) is 5.95 Å². The summed E-state index contributed by atoms with van der Waals surface area (Å²) >= 11 is 1.35. The minimum absolute atomic E-state index is 0.147. The zero-order valence-corrected chi connectivity index (χ0v) is 11.4. The number of anilines is 2. The van der Waals surface area contributed by atoms with Gasteiger partial charge in [-0.3, -0.25) is 4.79 Å². The van der Waals surface area contributed by atoms with E-state index in [2.05, 4.69) is 32.5 Å². The summed E-state index contributed by atoms with van der Waals surface area (Å²) in [6.07, 6.45) is 5.30. The lowest BCUT2D eigenvalue weighted by Crippen LogP contribution is -2.24. The number of nitrogens with zero attached hydrogens (tertiary/aromatic N) is 3. The Bertz CT molecular complexity index is 528. The SMILES string of the molecule is CCCCNC(=O)c1csc(Nc2ncccn2)n1. The summed E-state index contributed by atoms with van der Waals surface area (Å²) in [5.41, 5.74) is 0.416. The van der Waals surface area contributed by atoms with Crippen LogP contribution in [0.4, 0.5) is 11.1 Å². The fourth-order valence-corrected chi connectivity index (χ4v) is 2.05. The molecule has 2 heterocycles. The van der Waals surface area contributed by atoms with E-state index in [0.29, 0.717) is 23.3 Å². The standard InChI is InChI=1S/C12H15N5OS/c1-2-3-5-13-10(18)9-8-19-12(16-9)17-11-14-6-4-7-15-11/h4,6-8H,2-3,5H2,1H3,(H,13,18)(H,14,15,16,17). The van der Waals surface area contributed by atoms with E-state index >= 15 is 0 Å². The van der Waals surface area contributed by atoms with Gasteiger partial charge >= 0.3 is 0 Å². The van der Waals surface area contributed by atoms with Crippen LogP contribution in [0, 0.1) is 0 Å². The second-order valence-corrected chi connectivity index (χ2v) is 4.70. The van der Waals surface area contributed by atoms with Gasteiger partial charge in [0.1, 0.15) is 5.69 Å². The summed E-state index contributed by atoms with van der Waals surface area (Å²) in [6, 6.07) is 1.74. The smallest absolute Gasteiger partial charge is 0.270 e. The Hall–Kier alpha value is -2.02. The Kier molecular flexibility index (Phi) is 4.79. The molecule has 0 unspecified atom stereocenters. The molecular formula is C12H15N5OS. The molecule has 7 heteroatoms. The molecule has 2 aromatic rings. The van der Waals surface area contributed by atoms with Crippen molar-refractivity contribution in [2.24, 2.45) is 0 Å². The molecule has 0 aliphatic carbocycles. The van der Waals surface area contributed by atoms with Crippen LogP contribution in [0.1, 0.15) is 30.3 Å². The van der Waals surface area contributed by atoms with Gasteiger partial charge in [0.25, 0.3) is 5.91 Å². The first kappa shape index (κ1) is 13.4. The monoisotopic (exact) mass is 277 g/mol. The van der Waals surface area contributed by atoms with Crippen LogP contribution in [0.2, 0.25) is 0 Å². The molecule has 0 aromatic carbocycles. The first-order valence-corrected chi connectivity index (χ1v) is 6.95. The zero-order valence-electron chi connectivity index (χ0n) is 10.6. The molecule has 100 valence electrons. The molecular weight excluding hydrogens is 262 g/mol. The summed E-state index contributed by atoms with van der Waals surface area (Å²) in [5, 5.41) is 8.09. The number of nitrogens with one attached hydrogen (secondary N) is 2. The van der Waals surface area contributed by atoms with Crippen LogP contribution in [-0.2, 0) is 0 Å². The zero-order chi connectivity index (χ0) is 13.5. The molecule has 0 spiro atoms. The number of aromatic nitrogens is 3. The highest BCUT2D eigenvalue weighted by Gasteiger charge is 2.10. The van der Waals surface area contributed by atoms with E-state index in [1.807, 2.05) is 0 Å². The average molecular weight is 277 g/mol. The number of unbranched alkanes of at least 4 members (excludes halogenated alkanes) is 1. The van der Waals surface area contributed by atoms with Crippen molar-refractivity contribution in [3.63, 3.8) is 0 Å². The lowest BCUT2D eigenvalue weighted by Gasteiger charge is -2.01. The van der Waals surface area contributed by atoms with Gasteiger partial charge in [-0.25, -0.2) is 15.0 Å². The predicted octanol–water partition coefficient (Wildman–Crippen LogP) is 2.21. The number of amides is 1. The topological polar surface area (TPSA) is 79.8 Å². The van der Waals surface area contributed by atoms with Gasteiger partial charge in [-0.2, -0.15) is 0 Å². The van der Waals surface area contributed by atoms with Gasteiger partial charge in [-0.15, -0.1) is 11.3 Å². The Morgan fingerprint density at radius 1 is 1.37 bits per heavy atom. The maximum absolute atomic E-state index is 11.8. The molecule has 1 amide bonds. The molecule has 0 saturated carbocycles. The highest BCUT2D eigenvalue weighted by Crippen LogP contribution is 2.18. The van der Waals surface area contributed by atoms with Gasteiger partial charge < -0.3 is 10.6 Å². The van der Waals surface area contributed by atoms with Gasteiger partial charge in [-0.1, -0.05) is 13.3 Å². The first-order chi connectivity index (χ1) is 9.29. The predicted molar refractivity (Wildman–Crippen MR) is 74.7 cm³/mol. The number of carbonyl (C=O) groups is 1. The van der Waals surface area contributed by atoms with E-state index in [1.54, 1.807) is 23.8 Å².